The summed E-state index contributed by atoms with van der Waals surface area (Å²) in [5, 5.41) is 2.51. The minimum Gasteiger partial charge on any atom is -0.433 e. The molecule has 0 fully saturated rings. The summed E-state index contributed by atoms with van der Waals surface area (Å²) in [6, 6.07) is 3.85. The lowest BCUT2D eigenvalue weighted by Gasteiger charge is -2.24. The van der Waals surface area contributed by atoms with E-state index in [2.05, 4.69) is 10.1 Å². The van der Waals surface area contributed by atoms with Crippen LogP contribution in [0.25, 0.3) is 0 Å². The van der Waals surface area contributed by atoms with Crippen molar-refractivity contribution in [1.82, 2.24) is 4.90 Å². The monoisotopic (exact) mass is 349 g/mol. The third-order valence-corrected chi connectivity index (χ3v) is 3.16. The minimum absolute atomic E-state index is 0.0481. The molecule has 9 heteroatoms. The summed E-state index contributed by atoms with van der Waals surface area (Å²) in [6.07, 6.45) is 0. The van der Waals surface area contributed by atoms with Gasteiger partial charge in [0.25, 0.3) is 0 Å². The van der Waals surface area contributed by atoms with E-state index in [1.807, 2.05) is 13.8 Å². The van der Waals surface area contributed by atoms with Crippen molar-refractivity contribution in [2.24, 2.45) is 5.73 Å². The predicted octanol–water partition coefficient (Wildman–Crippen LogP) is 2.08. The highest BCUT2D eigenvalue weighted by Crippen LogP contribution is 2.28. The number of primary amides is 1. The van der Waals surface area contributed by atoms with Gasteiger partial charge in [-0.2, -0.15) is 8.78 Å². The zero-order chi connectivity index (χ0) is 17.6. The van der Waals surface area contributed by atoms with Crippen molar-refractivity contribution in [2.45, 2.75) is 26.5 Å². The van der Waals surface area contributed by atoms with E-state index in [9.17, 15) is 18.4 Å². The fourth-order valence-corrected chi connectivity index (χ4v) is 2.00. The number of nitrogens with one attached hydrogen (secondary N) is 1. The van der Waals surface area contributed by atoms with Gasteiger partial charge in [0.2, 0.25) is 11.8 Å². The van der Waals surface area contributed by atoms with Crippen LogP contribution in [-0.2, 0) is 9.59 Å². The summed E-state index contributed by atoms with van der Waals surface area (Å²) in [4.78, 5) is 24.6. The Morgan fingerprint density at radius 2 is 2.00 bits per heavy atom. The Labute approximate surface area is 137 Å². The van der Waals surface area contributed by atoms with Crippen LogP contribution in [0.15, 0.2) is 18.2 Å². The average Bonchev–Trinajstić information content (AvgIpc) is 2.40. The van der Waals surface area contributed by atoms with Gasteiger partial charge < -0.3 is 15.8 Å². The van der Waals surface area contributed by atoms with Crippen molar-refractivity contribution in [2.75, 3.05) is 18.4 Å². The molecule has 128 valence electrons. The fourth-order valence-electron chi connectivity index (χ4n) is 1.78. The van der Waals surface area contributed by atoms with Crippen LogP contribution in [0.4, 0.5) is 14.5 Å². The number of carbonyl (C=O) groups excluding carboxylic acids is 2. The molecule has 0 aliphatic heterocycles. The van der Waals surface area contributed by atoms with Crippen LogP contribution in [0.1, 0.15) is 13.8 Å². The lowest BCUT2D eigenvalue weighted by molar-refractivity contribution is -0.121. The molecule has 0 aromatic heterocycles. The maximum Gasteiger partial charge on any atom is 0.387 e. The van der Waals surface area contributed by atoms with Crippen molar-refractivity contribution < 1.29 is 23.1 Å². The summed E-state index contributed by atoms with van der Waals surface area (Å²) in [5.41, 5.74) is 5.45. The average molecular weight is 350 g/mol. The van der Waals surface area contributed by atoms with Gasteiger partial charge in [0.1, 0.15) is 5.75 Å². The summed E-state index contributed by atoms with van der Waals surface area (Å²) in [6.45, 7) is 0.564. The fraction of sp³-hybridized carbons (Fsp3) is 0.429. The predicted molar refractivity (Wildman–Crippen MR) is 82.6 cm³/mol. The summed E-state index contributed by atoms with van der Waals surface area (Å²) in [7, 11) is 0. The highest BCUT2D eigenvalue weighted by atomic mass is 35.5. The van der Waals surface area contributed by atoms with Crippen molar-refractivity contribution in [3.05, 3.63) is 23.2 Å². The Kier molecular flexibility index (Phi) is 7.18. The third-order valence-electron chi connectivity index (χ3n) is 2.87. The number of anilines is 1. The van der Waals surface area contributed by atoms with Crippen molar-refractivity contribution in [1.29, 1.82) is 0 Å². The van der Waals surface area contributed by atoms with Gasteiger partial charge in [-0.15, -0.1) is 0 Å². The number of ether oxygens (including phenoxy) is 1. The molecule has 0 bridgehead atoms. The first-order chi connectivity index (χ1) is 10.7. The van der Waals surface area contributed by atoms with E-state index >= 15 is 0 Å². The second kappa shape index (κ2) is 8.64. The second-order valence-electron chi connectivity index (χ2n) is 5.04. The van der Waals surface area contributed by atoms with E-state index < -0.39 is 18.4 Å². The SMILES string of the molecule is CC(C)N(CC(N)=O)CC(=O)Nc1ccc(OC(F)F)c(Cl)c1. The molecule has 0 saturated heterocycles. The topological polar surface area (TPSA) is 84.7 Å². The van der Waals surface area contributed by atoms with E-state index in [1.165, 1.54) is 18.2 Å². The lowest BCUT2D eigenvalue weighted by Crippen LogP contribution is -2.43. The highest BCUT2D eigenvalue weighted by Gasteiger charge is 2.17. The lowest BCUT2D eigenvalue weighted by atomic mass is 10.2. The summed E-state index contributed by atoms with van der Waals surface area (Å²) < 4.78 is 28.5. The van der Waals surface area contributed by atoms with Crippen LogP contribution < -0.4 is 15.8 Å². The number of hydrogen-bond donors (Lipinski definition) is 2. The quantitative estimate of drug-likeness (QED) is 0.752. The third kappa shape index (κ3) is 6.79. The first kappa shape index (κ1) is 19.1. The molecule has 0 aliphatic carbocycles. The Bertz CT molecular complexity index is 570. The molecule has 0 atom stereocenters. The van der Waals surface area contributed by atoms with E-state index in [0.717, 1.165) is 0 Å². The number of benzene rings is 1. The number of amides is 2. The molecule has 1 rings (SSSR count). The van der Waals surface area contributed by atoms with E-state index in [1.54, 1.807) is 4.90 Å². The van der Waals surface area contributed by atoms with Crippen molar-refractivity contribution in [3.8, 4) is 5.75 Å². The standard InChI is InChI=1S/C14H18ClF2N3O3/c1-8(2)20(6-12(18)21)7-13(22)19-9-3-4-11(10(15)5-9)23-14(16)17/h3-5,8,14H,6-7H2,1-2H3,(H2,18,21)(H,19,22). The van der Waals surface area contributed by atoms with E-state index in [-0.39, 0.29) is 29.9 Å². The molecular formula is C14H18ClF2N3O3. The zero-order valence-electron chi connectivity index (χ0n) is 12.7. The molecule has 0 unspecified atom stereocenters. The molecule has 1 aromatic carbocycles. The number of halogens is 3. The number of rotatable bonds is 8. The van der Waals surface area contributed by atoms with Gasteiger partial charge >= 0.3 is 6.61 Å². The largest absolute Gasteiger partial charge is 0.433 e. The maximum atomic E-state index is 12.1. The smallest absolute Gasteiger partial charge is 0.387 e. The van der Waals surface area contributed by atoms with E-state index in [0.29, 0.717) is 5.69 Å². The van der Waals surface area contributed by atoms with Crippen LogP contribution in [0, 0.1) is 0 Å². The second-order valence-corrected chi connectivity index (χ2v) is 5.44. The molecule has 2 amide bonds. The Morgan fingerprint density at radius 3 is 2.48 bits per heavy atom. The molecule has 23 heavy (non-hydrogen) atoms. The van der Waals surface area contributed by atoms with Gasteiger partial charge in [-0.05, 0) is 32.0 Å². The maximum absolute atomic E-state index is 12.1. The van der Waals surface area contributed by atoms with Crippen molar-refractivity contribution >= 4 is 29.1 Å². The minimum atomic E-state index is -2.98. The van der Waals surface area contributed by atoms with Crippen LogP contribution in [0.3, 0.4) is 0 Å². The normalized spacial score (nSPS) is 11.1. The first-order valence-corrected chi connectivity index (χ1v) is 7.13. The molecule has 0 aliphatic rings. The van der Waals surface area contributed by atoms with Gasteiger partial charge in [-0.3, -0.25) is 14.5 Å². The summed E-state index contributed by atoms with van der Waals surface area (Å²) in [5.74, 6) is -1.11. The molecule has 1 aromatic rings. The number of alkyl halides is 2. The molecule has 0 radical (unpaired) electrons. The first-order valence-electron chi connectivity index (χ1n) is 6.75. The van der Waals surface area contributed by atoms with Gasteiger partial charge in [-0.25, -0.2) is 0 Å². The van der Waals surface area contributed by atoms with Crippen molar-refractivity contribution in [3.63, 3.8) is 0 Å². The van der Waals surface area contributed by atoms with Crippen LogP contribution >= 0.6 is 11.6 Å². The van der Waals surface area contributed by atoms with Crippen LogP contribution in [0.2, 0.25) is 5.02 Å². The Morgan fingerprint density at radius 1 is 1.35 bits per heavy atom. The van der Waals surface area contributed by atoms with E-state index in [4.69, 9.17) is 17.3 Å². The van der Waals surface area contributed by atoms with Gasteiger partial charge in [0.15, 0.2) is 0 Å². The molecule has 0 spiro atoms. The number of nitrogens with zero attached hydrogens (tertiary/aromatic N) is 1. The van der Waals surface area contributed by atoms with Gasteiger partial charge in [0.05, 0.1) is 18.1 Å². The molecule has 0 heterocycles. The number of carbonyl (C=O) groups is 2. The molecule has 0 saturated carbocycles. The Hall–Kier alpha value is -1.93. The zero-order valence-corrected chi connectivity index (χ0v) is 13.4. The summed E-state index contributed by atoms with van der Waals surface area (Å²) >= 11 is 5.80. The highest BCUT2D eigenvalue weighted by molar-refractivity contribution is 6.32. The molecule has 6 nitrogen and oxygen atoms in total. The van der Waals surface area contributed by atoms with Gasteiger partial charge in [0, 0.05) is 11.7 Å². The Balaban J connectivity index is 2.69. The van der Waals surface area contributed by atoms with Crippen LogP contribution in [-0.4, -0.2) is 42.5 Å². The number of nitrogens with two attached hydrogens (primary N) is 1. The molecular weight excluding hydrogens is 332 g/mol. The number of hydrogen-bond acceptors (Lipinski definition) is 4. The van der Waals surface area contributed by atoms with Gasteiger partial charge in [-0.1, -0.05) is 11.6 Å². The molecule has 3 N–H and O–H groups in total. The van der Waals surface area contributed by atoms with Crippen LogP contribution in [0.5, 0.6) is 5.75 Å².